The fourth-order valence-electron chi connectivity index (χ4n) is 1.77. The molecular weight excluding hydrogens is 270 g/mol. The number of hydrogen-bond acceptors (Lipinski definition) is 3. The van der Waals surface area contributed by atoms with Crippen LogP contribution in [-0.2, 0) is 11.2 Å². The average Bonchev–Trinajstić information content (AvgIpc) is 2.24. The first-order valence-corrected chi connectivity index (χ1v) is 5.80. The van der Waals surface area contributed by atoms with Crippen molar-refractivity contribution in [2.24, 2.45) is 5.41 Å². The van der Waals surface area contributed by atoms with E-state index in [0.717, 1.165) is 22.2 Å². The topological polar surface area (TPSA) is 42.2 Å². The molecule has 0 saturated carbocycles. The van der Waals surface area contributed by atoms with E-state index in [9.17, 15) is 0 Å². The summed E-state index contributed by atoms with van der Waals surface area (Å²) in [6, 6.07) is 8.23. The van der Waals surface area contributed by atoms with Gasteiger partial charge in [-0.1, -0.05) is 6.07 Å². The van der Waals surface area contributed by atoms with E-state index >= 15 is 0 Å². The van der Waals surface area contributed by atoms with Gasteiger partial charge in [0.05, 0.1) is 30.9 Å². The van der Waals surface area contributed by atoms with Gasteiger partial charge in [0.2, 0.25) is 0 Å². The Kier molecular flexibility index (Phi) is 3.17. The van der Waals surface area contributed by atoms with Crippen LogP contribution in [0.4, 0.5) is 0 Å². The highest BCUT2D eigenvalue weighted by Crippen LogP contribution is 2.33. The third-order valence-electron chi connectivity index (χ3n) is 2.75. The van der Waals surface area contributed by atoms with Gasteiger partial charge in [0.15, 0.2) is 0 Å². The second-order valence-electron chi connectivity index (χ2n) is 4.03. The van der Waals surface area contributed by atoms with Gasteiger partial charge in [0.25, 0.3) is 0 Å². The van der Waals surface area contributed by atoms with Crippen LogP contribution in [0.15, 0.2) is 22.7 Å². The second kappa shape index (κ2) is 4.44. The van der Waals surface area contributed by atoms with Crippen molar-refractivity contribution in [3.8, 4) is 11.8 Å². The van der Waals surface area contributed by atoms with Gasteiger partial charge < -0.3 is 9.47 Å². The molecule has 1 aromatic rings. The van der Waals surface area contributed by atoms with E-state index in [1.807, 2.05) is 18.2 Å². The van der Waals surface area contributed by atoms with Crippen LogP contribution in [0.1, 0.15) is 5.56 Å². The molecule has 2 rings (SSSR count). The smallest absolute Gasteiger partial charge is 0.133 e. The van der Waals surface area contributed by atoms with Gasteiger partial charge in [-0.15, -0.1) is 0 Å². The van der Waals surface area contributed by atoms with Crippen molar-refractivity contribution in [1.82, 2.24) is 0 Å². The third kappa shape index (κ3) is 2.06. The molecule has 0 aliphatic carbocycles. The van der Waals surface area contributed by atoms with Crippen LogP contribution in [0.5, 0.6) is 5.75 Å². The van der Waals surface area contributed by atoms with Crippen LogP contribution < -0.4 is 4.74 Å². The van der Waals surface area contributed by atoms with E-state index < -0.39 is 0 Å². The maximum absolute atomic E-state index is 9.10. The lowest BCUT2D eigenvalue weighted by atomic mass is 9.81. The first-order valence-electron chi connectivity index (χ1n) is 5.00. The summed E-state index contributed by atoms with van der Waals surface area (Å²) >= 11 is 3.44. The van der Waals surface area contributed by atoms with Crippen LogP contribution in [0.3, 0.4) is 0 Å². The molecule has 0 atom stereocenters. The Balaban J connectivity index is 2.17. The fraction of sp³-hybridized carbons (Fsp3) is 0.417. The SMILES string of the molecule is COc1ccc(CC2(C#N)COC2)cc1Br. The number of benzene rings is 1. The minimum absolute atomic E-state index is 0.325. The van der Waals surface area contributed by atoms with Crippen LogP contribution in [-0.4, -0.2) is 20.3 Å². The van der Waals surface area contributed by atoms with Crippen molar-refractivity contribution in [2.45, 2.75) is 6.42 Å². The number of rotatable bonds is 3. The zero-order chi connectivity index (χ0) is 11.6. The van der Waals surface area contributed by atoms with E-state index in [0.29, 0.717) is 13.2 Å². The molecule has 0 radical (unpaired) electrons. The molecule has 3 nitrogen and oxygen atoms in total. The van der Waals surface area contributed by atoms with Crippen LogP contribution in [0.2, 0.25) is 0 Å². The average molecular weight is 282 g/mol. The van der Waals surface area contributed by atoms with Crippen molar-refractivity contribution in [1.29, 1.82) is 5.26 Å². The maximum atomic E-state index is 9.10. The highest BCUT2D eigenvalue weighted by molar-refractivity contribution is 9.10. The summed E-state index contributed by atoms with van der Waals surface area (Å²) in [7, 11) is 1.64. The van der Waals surface area contributed by atoms with E-state index in [1.165, 1.54) is 0 Å². The van der Waals surface area contributed by atoms with Crippen molar-refractivity contribution in [3.63, 3.8) is 0 Å². The number of nitriles is 1. The molecule has 84 valence electrons. The Morgan fingerprint density at radius 3 is 2.75 bits per heavy atom. The van der Waals surface area contributed by atoms with Crippen LogP contribution in [0, 0.1) is 16.7 Å². The monoisotopic (exact) mass is 281 g/mol. The quantitative estimate of drug-likeness (QED) is 0.855. The molecule has 0 amide bonds. The Labute approximate surface area is 103 Å². The largest absolute Gasteiger partial charge is 0.496 e. The molecule has 0 aromatic heterocycles. The van der Waals surface area contributed by atoms with Gasteiger partial charge in [-0.25, -0.2) is 0 Å². The third-order valence-corrected chi connectivity index (χ3v) is 3.37. The molecule has 1 heterocycles. The number of nitrogens with zero attached hydrogens (tertiary/aromatic N) is 1. The van der Waals surface area contributed by atoms with E-state index in [2.05, 4.69) is 22.0 Å². The van der Waals surface area contributed by atoms with E-state index in [-0.39, 0.29) is 5.41 Å². The Hall–Kier alpha value is -1.05. The molecule has 0 spiro atoms. The lowest BCUT2D eigenvalue weighted by Crippen LogP contribution is -2.43. The zero-order valence-corrected chi connectivity index (χ0v) is 10.6. The van der Waals surface area contributed by atoms with Gasteiger partial charge >= 0.3 is 0 Å². The minimum atomic E-state index is -0.325. The molecule has 1 saturated heterocycles. The summed E-state index contributed by atoms with van der Waals surface area (Å²) in [5.41, 5.74) is 0.797. The lowest BCUT2D eigenvalue weighted by molar-refractivity contribution is -0.0765. The Bertz CT molecular complexity index is 435. The number of methoxy groups -OCH3 is 1. The summed E-state index contributed by atoms with van der Waals surface area (Å²) in [6.45, 7) is 1.07. The standard InChI is InChI=1S/C12H12BrNO2/c1-15-11-3-2-9(4-10(11)13)5-12(6-14)7-16-8-12/h2-4H,5,7-8H2,1H3. The molecular formula is C12H12BrNO2. The summed E-state index contributed by atoms with van der Waals surface area (Å²) < 4.78 is 11.2. The van der Waals surface area contributed by atoms with Gasteiger partial charge in [-0.05, 0) is 40.0 Å². The molecule has 16 heavy (non-hydrogen) atoms. The first-order chi connectivity index (χ1) is 7.69. The van der Waals surface area contributed by atoms with Crippen molar-refractivity contribution in [3.05, 3.63) is 28.2 Å². The van der Waals surface area contributed by atoms with Crippen molar-refractivity contribution >= 4 is 15.9 Å². The normalized spacial score (nSPS) is 17.3. The molecule has 1 aromatic carbocycles. The van der Waals surface area contributed by atoms with Gasteiger partial charge in [-0.2, -0.15) is 5.26 Å². The molecule has 4 heteroatoms. The van der Waals surface area contributed by atoms with E-state index in [1.54, 1.807) is 7.11 Å². The van der Waals surface area contributed by atoms with Crippen molar-refractivity contribution < 1.29 is 9.47 Å². The number of hydrogen-bond donors (Lipinski definition) is 0. The van der Waals surface area contributed by atoms with Crippen molar-refractivity contribution in [2.75, 3.05) is 20.3 Å². The van der Waals surface area contributed by atoms with Crippen LogP contribution >= 0.6 is 15.9 Å². The first kappa shape index (κ1) is 11.4. The molecule has 1 aliphatic rings. The molecule has 1 fully saturated rings. The zero-order valence-electron chi connectivity index (χ0n) is 9.00. The fourth-order valence-corrected chi connectivity index (χ4v) is 2.35. The van der Waals surface area contributed by atoms with E-state index in [4.69, 9.17) is 14.7 Å². The minimum Gasteiger partial charge on any atom is -0.496 e. The number of halogens is 1. The van der Waals surface area contributed by atoms with Gasteiger partial charge in [0, 0.05) is 0 Å². The molecule has 0 bridgehead atoms. The summed E-state index contributed by atoms with van der Waals surface area (Å²) in [5.74, 6) is 0.805. The molecule has 0 unspecified atom stereocenters. The van der Waals surface area contributed by atoms with Gasteiger partial charge in [0.1, 0.15) is 11.2 Å². The molecule has 1 aliphatic heterocycles. The summed E-state index contributed by atoms with van der Waals surface area (Å²) in [6.07, 6.45) is 0.728. The Morgan fingerprint density at radius 1 is 1.56 bits per heavy atom. The molecule has 0 N–H and O–H groups in total. The summed E-state index contributed by atoms with van der Waals surface area (Å²) in [4.78, 5) is 0. The second-order valence-corrected chi connectivity index (χ2v) is 4.88. The highest BCUT2D eigenvalue weighted by atomic mass is 79.9. The van der Waals surface area contributed by atoms with Crippen LogP contribution in [0.25, 0.3) is 0 Å². The maximum Gasteiger partial charge on any atom is 0.133 e. The predicted molar refractivity (Wildman–Crippen MR) is 63.3 cm³/mol. The highest BCUT2D eigenvalue weighted by Gasteiger charge is 2.39. The summed E-state index contributed by atoms with van der Waals surface area (Å²) in [5, 5.41) is 9.10. The number of ether oxygens (including phenoxy) is 2. The predicted octanol–water partition coefficient (Wildman–Crippen LogP) is 2.54. The lowest BCUT2D eigenvalue weighted by Gasteiger charge is -2.35. The van der Waals surface area contributed by atoms with Gasteiger partial charge in [-0.3, -0.25) is 0 Å². The Morgan fingerprint density at radius 2 is 2.31 bits per heavy atom.